The third-order valence-electron chi connectivity index (χ3n) is 2.98. The molecule has 0 radical (unpaired) electrons. The summed E-state index contributed by atoms with van der Waals surface area (Å²) >= 11 is 5.97. The van der Waals surface area contributed by atoms with Gasteiger partial charge < -0.3 is 14.7 Å². The van der Waals surface area contributed by atoms with E-state index in [1.165, 1.54) is 0 Å². The first-order chi connectivity index (χ1) is 7.72. The Labute approximate surface area is 101 Å². The summed E-state index contributed by atoms with van der Waals surface area (Å²) in [7, 11) is 2.04. The van der Waals surface area contributed by atoms with Gasteiger partial charge in [-0.15, -0.1) is 0 Å². The number of nitrogens with zero attached hydrogens (tertiary/aromatic N) is 1. The molecule has 88 valence electrons. The maximum absolute atomic E-state index is 8.84. The van der Waals surface area contributed by atoms with Crippen molar-refractivity contribution in [1.29, 1.82) is 0 Å². The first-order valence-electron chi connectivity index (χ1n) is 5.48. The molecular formula is C12H16ClNO2. The van der Waals surface area contributed by atoms with Crippen LogP contribution in [0.1, 0.15) is 12.8 Å². The number of benzene rings is 1. The summed E-state index contributed by atoms with van der Waals surface area (Å²) in [6, 6.07) is 5.97. The monoisotopic (exact) mass is 241 g/mol. The van der Waals surface area contributed by atoms with Crippen LogP contribution >= 0.6 is 11.6 Å². The smallest absolute Gasteiger partial charge is 0.142 e. The second-order valence-electron chi connectivity index (χ2n) is 4.05. The second kappa shape index (κ2) is 4.93. The number of hydrogen-bond donors (Lipinski definition) is 1. The van der Waals surface area contributed by atoms with Gasteiger partial charge in [-0.25, -0.2) is 0 Å². The highest BCUT2D eigenvalue weighted by Gasteiger charge is 2.24. The summed E-state index contributed by atoms with van der Waals surface area (Å²) in [5, 5.41) is 9.56. The van der Waals surface area contributed by atoms with Gasteiger partial charge in [-0.3, -0.25) is 0 Å². The van der Waals surface area contributed by atoms with Crippen molar-refractivity contribution in [2.45, 2.75) is 18.9 Å². The van der Waals surface area contributed by atoms with Gasteiger partial charge in [0, 0.05) is 18.7 Å². The van der Waals surface area contributed by atoms with Crippen molar-refractivity contribution >= 4 is 17.3 Å². The van der Waals surface area contributed by atoms with Crippen LogP contribution in [0.3, 0.4) is 0 Å². The van der Waals surface area contributed by atoms with Gasteiger partial charge in [0.15, 0.2) is 0 Å². The summed E-state index contributed by atoms with van der Waals surface area (Å²) in [6.45, 7) is 0.901. The van der Waals surface area contributed by atoms with Crippen LogP contribution < -0.4 is 9.64 Å². The fourth-order valence-corrected chi connectivity index (χ4v) is 2.15. The van der Waals surface area contributed by atoms with E-state index in [2.05, 4.69) is 4.90 Å². The Bertz CT molecular complexity index is 370. The minimum atomic E-state index is 0.229. The maximum atomic E-state index is 8.84. The van der Waals surface area contributed by atoms with Crippen molar-refractivity contribution in [2.24, 2.45) is 0 Å². The summed E-state index contributed by atoms with van der Waals surface area (Å²) in [5.74, 6) is 0.882. The highest BCUT2D eigenvalue weighted by Crippen LogP contribution is 2.35. The molecule has 16 heavy (non-hydrogen) atoms. The molecule has 0 spiro atoms. The number of hydrogen-bond acceptors (Lipinski definition) is 3. The molecular weight excluding hydrogens is 226 g/mol. The topological polar surface area (TPSA) is 32.7 Å². The molecule has 1 aliphatic rings. The molecule has 0 amide bonds. The molecule has 1 aliphatic heterocycles. The SMILES string of the molecule is CN1c2cc(Cl)ccc2OCC1CCCO. The lowest BCUT2D eigenvalue weighted by Crippen LogP contribution is -2.40. The van der Waals surface area contributed by atoms with Crippen LogP contribution in [0, 0.1) is 0 Å². The van der Waals surface area contributed by atoms with Crippen LogP contribution in [0.25, 0.3) is 0 Å². The number of anilines is 1. The second-order valence-corrected chi connectivity index (χ2v) is 4.49. The predicted octanol–water partition coefficient (Wildman–Crippen LogP) is 2.31. The minimum absolute atomic E-state index is 0.229. The lowest BCUT2D eigenvalue weighted by atomic mass is 10.1. The first kappa shape index (κ1) is 11.6. The fourth-order valence-electron chi connectivity index (χ4n) is 1.99. The predicted molar refractivity (Wildman–Crippen MR) is 65.5 cm³/mol. The third kappa shape index (κ3) is 2.25. The van der Waals surface area contributed by atoms with E-state index in [1.54, 1.807) is 0 Å². The number of likely N-dealkylation sites (N-methyl/N-ethyl adjacent to an activating group) is 1. The summed E-state index contributed by atoms with van der Waals surface area (Å²) in [5.41, 5.74) is 1.03. The van der Waals surface area contributed by atoms with Gasteiger partial charge in [-0.2, -0.15) is 0 Å². The van der Waals surface area contributed by atoms with Gasteiger partial charge in [0.2, 0.25) is 0 Å². The van der Waals surface area contributed by atoms with Crippen molar-refractivity contribution in [1.82, 2.24) is 0 Å². The van der Waals surface area contributed by atoms with Crippen molar-refractivity contribution < 1.29 is 9.84 Å². The van der Waals surface area contributed by atoms with E-state index in [9.17, 15) is 0 Å². The molecule has 1 aromatic carbocycles. The zero-order valence-electron chi connectivity index (χ0n) is 9.32. The number of aliphatic hydroxyl groups excluding tert-OH is 1. The molecule has 0 saturated heterocycles. The molecule has 1 N–H and O–H groups in total. The molecule has 1 unspecified atom stereocenters. The van der Waals surface area contributed by atoms with Gasteiger partial charge in [-0.1, -0.05) is 11.6 Å². The molecule has 1 heterocycles. The minimum Gasteiger partial charge on any atom is -0.489 e. The number of fused-ring (bicyclic) bond motifs is 1. The highest BCUT2D eigenvalue weighted by atomic mass is 35.5. The van der Waals surface area contributed by atoms with Gasteiger partial charge >= 0.3 is 0 Å². The van der Waals surface area contributed by atoms with Crippen molar-refractivity contribution in [3.63, 3.8) is 0 Å². The Balaban J connectivity index is 2.17. The van der Waals surface area contributed by atoms with Gasteiger partial charge in [0.1, 0.15) is 12.4 Å². The summed E-state index contributed by atoms with van der Waals surface area (Å²) < 4.78 is 5.68. The van der Waals surface area contributed by atoms with Crippen molar-refractivity contribution in [3.8, 4) is 5.75 Å². The molecule has 0 aliphatic carbocycles. The van der Waals surface area contributed by atoms with Crippen LogP contribution in [-0.4, -0.2) is 31.4 Å². The van der Waals surface area contributed by atoms with Crippen LogP contribution in [0.2, 0.25) is 5.02 Å². The van der Waals surface area contributed by atoms with E-state index in [4.69, 9.17) is 21.4 Å². The van der Waals surface area contributed by atoms with E-state index in [0.717, 1.165) is 29.3 Å². The Morgan fingerprint density at radius 3 is 3.12 bits per heavy atom. The maximum Gasteiger partial charge on any atom is 0.142 e. The Hall–Kier alpha value is -0.930. The van der Waals surface area contributed by atoms with E-state index in [1.807, 2.05) is 25.2 Å². The molecule has 2 rings (SSSR count). The number of rotatable bonds is 3. The van der Waals surface area contributed by atoms with E-state index >= 15 is 0 Å². The lowest BCUT2D eigenvalue weighted by Gasteiger charge is -2.36. The Morgan fingerprint density at radius 1 is 1.56 bits per heavy atom. The van der Waals surface area contributed by atoms with Gasteiger partial charge in [0.05, 0.1) is 11.7 Å². The third-order valence-corrected chi connectivity index (χ3v) is 3.21. The molecule has 0 bridgehead atoms. The summed E-state index contributed by atoms with van der Waals surface area (Å²) in [6.07, 6.45) is 1.73. The van der Waals surface area contributed by atoms with Gasteiger partial charge in [0.25, 0.3) is 0 Å². The Morgan fingerprint density at radius 2 is 2.38 bits per heavy atom. The molecule has 1 aromatic rings. The molecule has 1 atom stereocenters. The van der Waals surface area contributed by atoms with Crippen LogP contribution in [0.5, 0.6) is 5.75 Å². The Kier molecular flexibility index (Phi) is 3.56. The van der Waals surface area contributed by atoms with E-state index < -0.39 is 0 Å². The molecule has 4 heteroatoms. The zero-order chi connectivity index (χ0) is 11.5. The van der Waals surface area contributed by atoms with Gasteiger partial charge in [-0.05, 0) is 31.0 Å². The molecule has 0 fully saturated rings. The quantitative estimate of drug-likeness (QED) is 0.882. The number of ether oxygens (including phenoxy) is 1. The standard InChI is InChI=1S/C12H16ClNO2/c1-14-10(3-2-6-15)8-16-12-5-4-9(13)7-11(12)14/h4-5,7,10,15H,2-3,6,8H2,1H3. The van der Waals surface area contributed by atoms with Crippen LogP contribution in [0.4, 0.5) is 5.69 Å². The lowest BCUT2D eigenvalue weighted by molar-refractivity contribution is 0.236. The largest absolute Gasteiger partial charge is 0.489 e. The highest BCUT2D eigenvalue weighted by molar-refractivity contribution is 6.30. The van der Waals surface area contributed by atoms with Crippen LogP contribution in [-0.2, 0) is 0 Å². The van der Waals surface area contributed by atoms with Crippen molar-refractivity contribution in [2.75, 3.05) is 25.2 Å². The van der Waals surface area contributed by atoms with Crippen molar-refractivity contribution in [3.05, 3.63) is 23.2 Å². The average Bonchev–Trinajstić information content (AvgIpc) is 2.29. The number of halogens is 1. The van der Waals surface area contributed by atoms with E-state index in [-0.39, 0.29) is 6.61 Å². The number of aliphatic hydroxyl groups is 1. The summed E-state index contributed by atoms with van der Waals surface area (Å²) in [4.78, 5) is 2.18. The van der Waals surface area contributed by atoms with E-state index in [0.29, 0.717) is 12.6 Å². The zero-order valence-corrected chi connectivity index (χ0v) is 10.1. The normalized spacial score (nSPS) is 19.2. The van der Waals surface area contributed by atoms with Crippen LogP contribution in [0.15, 0.2) is 18.2 Å². The average molecular weight is 242 g/mol. The first-order valence-corrected chi connectivity index (χ1v) is 5.86. The molecule has 0 aromatic heterocycles. The fraction of sp³-hybridized carbons (Fsp3) is 0.500. The molecule has 3 nitrogen and oxygen atoms in total. The molecule has 0 saturated carbocycles.